The van der Waals surface area contributed by atoms with Crippen molar-refractivity contribution in [3.8, 4) is 21.7 Å². The quantitative estimate of drug-likeness (QED) is 0.411. The summed E-state index contributed by atoms with van der Waals surface area (Å²) in [4.78, 5) is 8.86. The van der Waals surface area contributed by atoms with Gasteiger partial charge < -0.3 is 4.90 Å². The highest BCUT2D eigenvalue weighted by Gasteiger charge is 2.18. The van der Waals surface area contributed by atoms with Crippen molar-refractivity contribution in [2.75, 3.05) is 18.0 Å². The first-order valence-electron chi connectivity index (χ1n) is 9.70. The lowest BCUT2D eigenvalue weighted by molar-refractivity contribution is 0.676. The van der Waals surface area contributed by atoms with Gasteiger partial charge in [-0.3, -0.25) is 0 Å². The molecule has 0 atom stereocenters. The molecule has 0 N–H and O–H groups in total. The fourth-order valence-corrected chi connectivity index (χ4v) is 4.17. The van der Waals surface area contributed by atoms with Gasteiger partial charge in [0.2, 0.25) is 0 Å². The Morgan fingerprint density at radius 3 is 1.85 bits per heavy atom. The van der Waals surface area contributed by atoms with Crippen molar-refractivity contribution in [2.24, 2.45) is 0 Å². The summed E-state index contributed by atoms with van der Waals surface area (Å²) in [6.07, 6.45) is 4.85. The highest BCUT2D eigenvalue weighted by Crippen LogP contribution is 2.40. The highest BCUT2D eigenvalue weighted by atomic mass is 32.1. The second kappa shape index (κ2) is 9.54. The number of thiazole rings is 1. The van der Waals surface area contributed by atoms with Crippen LogP contribution in [0.2, 0.25) is 0 Å². The number of rotatable bonds is 9. The van der Waals surface area contributed by atoms with Gasteiger partial charge in [0.25, 0.3) is 0 Å². The van der Waals surface area contributed by atoms with E-state index in [9.17, 15) is 0 Å². The predicted molar refractivity (Wildman–Crippen MR) is 115 cm³/mol. The highest BCUT2D eigenvalue weighted by molar-refractivity contribution is 7.19. The second-order valence-electron chi connectivity index (χ2n) is 6.60. The number of nitrogens with zero attached hydrogens (tertiary/aromatic N) is 2. The molecule has 1 heterocycles. The molecule has 0 saturated heterocycles. The zero-order valence-electron chi connectivity index (χ0n) is 15.8. The van der Waals surface area contributed by atoms with Crippen LogP contribution < -0.4 is 4.90 Å². The first-order chi connectivity index (χ1) is 12.8. The molecule has 136 valence electrons. The van der Waals surface area contributed by atoms with Gasteiger partial charge in [-0.1, -0.05) is 98.7 Å². The van der Waals surface area contributed by atoms with E-state index in [1.54, 1.807) is 0 Å². The lowest BCUT2D eigenvalue weighted by atomic mass is 10.1. The fourth-order valence-electron chi connectivity index (χ4n) is 3.02. The van der Waals surface area contributed by atoms with Gasteiger partial charge in [-0.15, -0.1) is 0 Å². The Bertz CT molecular complexity index is 715. The van der Waals surface area contributed by atoms with Crippen molar-refractivity contribution in [1.29, 1.82) is 0 Å². The van der Waals surface area contributed by atoms with Gasteiger partial charge in [-0.05, 0) is 18.4 Å². The molecule has 0 amide bonds. The van der Waals surface area contributed by atoms with Gasteiger partial charge >= 0.3 is 0 Å². The van der Waals surface area contributed by atoms with E-state index in [-0.39, 0.29) is 0 Å². The topological polar surface area (TPSA) is 16.1 Å². The van der Waals surface area contributed by atoms with Gasteiger partial charge in [0, 0.05) is 18.7 Å². The summed E-state index contributed by atoms with van der Waals surface area (Å²) >= 11 is 1.83. The number of hydrogen-bond donors (Lipinski definition) is 0. The monoisotopic (exact) mass is 364 g/mol. The van der Waals surface area contributed by atoms with Crippen molar-refractivity contribution < 1.29 is 0 Å². The van der Waals surface area contributed by atoms with Crippen LogP contribution in [0.25, 0.3) is 21.7 Å². The third kappa shape index (κ3) is 4.53. The molecule has 3 aromatic rings. The van der Waals surface area contributed by atoms with Crippen LogP contribution in [0.1, 0.15) is 39.5 Å². The van der Waals surface area contributed by atoms with Crippen LogP contribution in [-0.2, 0) is 0 Å². The minimum atomic E-state index is 1.09. The lowest BCUT2D eigenvalue weighted by Gasteiger charge is -2.21. The molecule has 0 aliphatic carbocycles. The molecule has 0 spiro atoms. The van der Waals surface area contributed by atoms with Crippen LogP contribution in [-0.4, -0.2) is 18.1 Å². The van der Waals surface area contributed by atoms with Crippen LogP contribution in [0.5, 0.6) is 0 Å². The molecule has 0 aliphatic rings. The van der Waals surface area contributed by atoms with Crippen molar-refractivity contribution in [3.63, 3.8) is 0 Å². The van der Waals surface area contributed by atoms with Crippen molar-refractivity contribution >= 4 is 16.5 Å². The second-order valence-corrected chi connectivity index (χ2v) is 7.58. The van der Waals surface area contributed by atoms with Crippen LogP contribution in [0.4, 0.5) is 5.13 Å². The summed E-state index contributed by atoms with van der Waals surface area (Å²) in [7, 11) is 0. The smallest absolute Gasteiger partial charge is 0.186 e. The molecule has 0 aliphatic heterocycles. The van der Waals surface area contributed by atoms with Gasteiger partial charge in [0.15, 0.2) is 5.13 Å². The Kier molecular flexibility index (Phi) is 6.84. The first kappa shape index (κ1) is 18.7. The van der Waals surface area contributed by atoms with E-state index in [1.807, 2.05) is 11.3 Å². The predicted octanol–water partition coefficient (Wildman–Crippen LogP) is 6.88. The molecule has 0 bridgehead atoms. The number of anilines is 1. The third-order valence-corrected chi connectivity index (χ3v) is 5.70. The molecule has 26 heavy (non-hydrogen) atoms. The Labute approximate surface area is 161 Å². The minimum Gasteiger partial charge on any atom is -0.348 e. The average molecular weight is 365 g/mol. The Morgan fingerprint density at radius 1 is 0.769 bits per heavy atom. The number of unbranched alkanes of at least 4 members (excludes halogenated alkanes) is 2. The number of aromatic nitrogens is 1. The molecule has 0 saturated carbocycles. The summed E-state index contributed by atoms with van der Waals surface area (Å²) in [5.41, 5.74) is 3.55. The van der Waals surface area contributed by atoms with E-state index in [0.717, 1.165) is 23.9 Å². The summed E-state index contributed by atoms with van der Waals surface area (Å²) in [5.74, 6) is 0. The van der Waals surface area contributed by atoms with E-state index >= 15 is 0 Å². The first-order valence-corrected chi connectivity index (χ1v) is 10.5. The van der Waals surface area contributed by atoms with Gasteiger partial charge in [0.05, 0.1) is 10.6 Å². The van der Waals surface area contributed by atoms with Gasteiger partial charge in [-0.2, -0.15) is 0 Å². The summed E-state index contributed by atoms with van der Waals surface area (Å²) < 4.78 is 0. The zero-order valence-corrected chi connectivity index (χ0v) is 16.6. The van der Waals surface area contributed by atoms with E-state index in [0.29, 0.717) is 0 Å². The van der Waals surface area contributed by atoms with E-state index < -0.39 is 0 Å². The van der Waals surface area contributed by atoms with Crippen LogP contribution in [0.3, 0.4) is 0 Å². The fraction of sp³-hybridized carbons (Fsp3) is 0.348. The van der Waals surface area contributed by atoms with Crippen LogP contribution >= 0.6 is 11.3 Å². The molecule has 0 fully saturated rings. The molecule has 0 radical (unpaired) electrons. The summed E-state index contributed by atoms with van der Waals surface area (Å²) in [6, 6.07) is 21.2. The minimum absolute atomic E-state index is 1.09. The van der Waals surface area contributed by atoms with Crippen LogP contribution in [0.15, 0.2) is 60.7 Å². The summed E-state index contributed by atoms with van der Waals surface area (Å²) in [5, 5.41) is 1.16. The molecule has 2 nitrogen and oxygen atoms in total. The maximum Gasteiger partial charge on any atom is 0.186 e. The SMILES string of the molecule is CCCCN(CCCC)c1nc(-c2ccccc2)c(-c2ccccc2)s1. The summed E-state index contributed by atoms with van der Waals surface area (Å²) in [6.45, 7) is 6.69. The standard InChI is InChI=1S/C23H28N2S/c1-3-5-17-25(18-6-4-2)23-24-21(19-13-9-7-10-14-19)22(26-23)20-15-11-8-12-16-20/h7-16H,3-6,17-18H2,1-2H3. The van der Waals surface area contributed by atoms with Gasteiger partial charge in [0.1, 0.15) is 0 Å². The Hall–Kier alpha value is -2.13. The zero-order chi connectivity index (χ0) is 18.2. The Balaban J connectivity index is 2.02. The van der Waals surface area contributed by atoms with Crippen molar-refractivity contribution in [2.45, 2.75) is 39.5 Å². The van der Waals surface area contributed by atoms with Crippen molar-refractivity contribution in [1.82, 2.24) is 4.98 Å². The third-order valence-electron chi connectivity index (χ3n) is 4.53. The maximum atomic E-state index is 5.11. The van der Waals surface area contributed by atoms with Crippen LogP contribution in [0, 0.1) is 0 Å². The number of hydrogen-bond acceptors (Lipinski definition) is 3. The van der Waals surface area contributed by atoms with E-state index in [1.165, 1.54) is 41.7 Å². The maximum absolute atomic E-state index is 5.11. The van der Waals surface area contributed by atoms with E-state index in [2.05, 4.69) is 79.4 Å². The molecule has 2 aromatic carbocycles. The normalized spacial score (nSPS) is 10.8. The number of benzene rings is 2. The van der Waals surface area contributed by atoms with E-state index in [4.69, 9.17) is 4.98 Å². The largest absolute Gasteiger partial charge is 0.348 e. The molecule has 1 aromatic heterocycles. The average Bonchev–Trinajstić information content (AvgIpc) is 3.15. The molecule has 0 unspecified atom stereocenters. The lowest BCUT2D eigenvalue weighted by Crippen LogP contribution is -2.25. The Morgan fingerprint density at radius 2 is 1.31 bits per heavy atom. The molecule has 3 heteroatoms. The molecular formula is C23H28N2S. The van der Waals surface area contributed by atoms with Crippen molar-refractivity contribution in [3.05, 3.63) is 60.7 Å². The van der Waals surface area contributed by atoms with Gasteiger partial charge in [-0.25, -0.2) is 4.98 Å². The molecular weight excluding hydrogens is 336 g/mol. The molecule has 3 rings (SSSR count).